The second-order valence-electron chi connectivity index (χ2n) is 8.48. The molecule has 1 fully saturated rings. The summed E-state index contributed by atoms with van der Waals surface area (Å²) in [6.45, 7) is 0.478. The molecule has 1 unspecified atom stereocenters. The van der Waals surface area contributed by atoms with Crippen molar-refractivity contribution in [3.05, 3.63) is 12.2 Å². The summed E-state index contributed by atoms with van der Waals surface area (Å²) in [5.41, 5.74) is 0. The van der Waals surface area contributed by atoms with E-state index in [9.17, 15) is 36.9 Å². The first-order chi connectivity index (χ1) is 16.1. The van der Waals surface area contributed by atoms with Crippen LogP contribution in [0.2, 0.25) is 0 Å². The van der Waals surface area contributed by atoms with Crippen LogP contribution in [0, 0.1) is 0 Å². The van der Waals surface area contributed by atoms with Gasteiger partial charge in [0.15, 0.2) is 0 Å². The molecule has 1 atom stereocenters. The van der Waals surface area contributed by atoms with E-state index in [-0.39, 0.29) is 52.9 Å². The Kier molecular flexibility index (Phi) is 13.9. The van der Waals surface area contributed by atoms with Crippen molar-refractivity contribution in [1.29, 1.82) is 0 Å². The Morgan fingerprint density at radius 1 is 0.857 bits per heavy atom. The average molecular weight is 523 g/mol. The van der Waals surface area contributed by atoms with Crippen LogP contribution in [0.3, 0.4) is 0 Å². The smallest absolute Gasteiger partial charge is 0.747 e. The van der Waals surface area contributed by atoms with Crippen LogP contribution in [0.5, 0.6) is 0 Å². The van der Waals surface area contributed by atoms with Crippen molar-refractivity contribution in [2.75, 3.05) is 6.54 Å². The molecule has 2 aliphatic heterocycles. The number of imide groups is 2. The molecule has 0 aromatic rings. The number of hydroxylamine groups is 2. The van der Waals surface area contributed by atoms with Crippen molar-refractivity contribution in [3.63, 3.8) is 0 Å². The van der Waals surface area contributed by atoms with Crippen LogP contribution in [0.1, 0.15) is 83.5 Å². The van der Waals surface area contributed by atoms with E-state index in [0.29, 0.717) is 13.0 Å². The van der Waals surface area contributed by atoms with Crippen LogP contribution in [0.4, 0.5) is 0 Å². The predicted molar refractivity (Wildman–Crippen MR) is 117 cm³/mol. The van der Waals surface area contributed by atoms with E-state index in [1.165, 1.54) is 17.1 Å². The maximum Gasteiger partial charge on any atom is 1.00 e. The van der Waals surface area contributed by atoms with Gasteiger partial charge in [0.2, 0.25) is 0 Å². The molecule has 0 aliphatic carbocycles. The molecule has 4 amide bonds. The Labute approximate surface area is 227 Å². The minimum atomic E-state index is -4.98. The maximum atomic E-state index is 11.8. The van der Waals surface area contributed by atoms with Gasteiger partial charge < -0.3 is 9.39 Å². The van der Waals surface area contributed by atoms with Crippen LogP contribution in [0.25, 0.3) is 0 Å². The molecule has 0 saturated carbocycles. The fraction of sp³-hybridized carbons (Fsp3) is 0.682. The zero-order valence-corrected chi connectivity index (χ0v) is 22.9. The van der Waals surface area contributed by atoms with Gasteiger partial charge >= 0.3 is 35.5 Å². The van der Waals surface area contributed by atoms with Crippen molar-refractivity contribution in [1.82, 2.24) is 9.96 Å². The Morgan fingerprint density at radius 3 is 1.77 bits per heavy atom. The molecule has 190 valence electrons. The molecule has 0 aromatic carbocycles. The number of hydrogen-bond donors (Lipinski definition) is 0. The summed E-state index contributed by atoms with van der Waals surface area (Å²) in [5.74, 6) is -3.62. The third-order valence-corrected chi connectivity index (χ3v) is 6.83. The number of unbranched alkanes of at least 4 members (excludes halogenated alkanes) is 10. The number of hydrogen-bond acceptors (Lipinski definition) is 9. The van der Waals surface area contributed by atoms with E-state index in [1.54, 1.807) is 0 Å². The minimum Gasteiger partial charge on any atom is -0.747 e. The van der Waals surface area contributed by atoms with E-state index >= 15 is 0 Å². The van der Waals surface area contributed by atoms with Crippen LogP contribution in [-0.2, 0) is 38.9 Å². The Bertz CT molecular complexity index is 902. The first-order valence-electron chi connectivity index (χ1n) is 11.7. The summed E-state index contributed by atoms with van der Waals surface area (Å²) in [5, 5.41) is -1.94. The summed E-state index contributed by atoms with van der Waals surface area (Å²) in [6.07, 6.45) is 12.3. The van der Waals surface area contributed by atoms with Crippen molar-refractivity contribution in [3.8, 4) is 0 Å². The maximum absolute atomic E-state index is 11.8. The van der Waals surface area contributed by atoms with Crippen LogP contribution >= 0.6 is 0 Å². The standard InChI is InChI=1S/C22H32N2O9S.Na/c25-18-13-14-19(26)23(18)15-11-9-7-5-3-1-2-4-6-8-10-12-21(28)33-24-20(27)16-17(22(24)29)34(30,31)32;/h13-14,17H,1-12,15-16H2,(H,30,31,32);/q;+1/p-1. The molecule has 0 bridgehead atoms. The van der Waals surface area contributed by atoms with Gasteiger partial charge in [-0.1, -0.05) is 57.8 Å². The fourth-order valence-corrected chi connectivity index (χ4v) is 4.52. The van der Waals surface area contributed by atoms with Crippen molar-refractivity contribution < 1.29 is 71.3 Å². The number of nitrogens with zero attached hydrogens (tertiary/aromatic N) is 2. The van der Waals surface area contributed by atoms with Crippen molar-refractivity contribution in [2.24, 2.45) is 0 Å². The monoisotopic (exact) mass is 522 g/mol. The third-order valence-electron chi connectivity index (χ3n) is 5.77. The minimum absolute atomic E-state index is 0. The molecule has 0 spiro atoms. The normalized spacial score (nSPS) is 17.9. The van der Waals surface area contributed by atoms with Gasteiger partial charge in [-0.2, -0.15) is 0 Å². The van der Waals surface area contributed by atoms with Crippen molar-refractivity contribution >= 4 is 39.7 Å². The van der Waals surface area contributed by atoms with Gasteiger partial charge in [0.25, 0.3) is 23.6 Å². The van der Waals surface area contributed by atoms with Gasteiger partial charge in [0.05, 0.1) is 6.42 Å². The van der Waals surface area contributed by atoms with E-state index in [2.05, 4.69) is 4.84 Å². The third kappa shape index (κ3) is 10.5. The summed E-state index contributed by atoms with van der Waals surface area (Å²) in [4.78, 5) is 64.0. The molecule has 2 rings (SSSR count). The summed E-state index contributed by atoms with van der Waals surface area (Å²) >= 11 is 0. The zero-order valence-electron chi connectivity index (χ0n) is 20.1. The quantitative estimate of drug-likeness (QED) is 0.104. The number of amides is 4. The molecule has 2 heterocycles. The Morgan fingerprint density at radius 2 is 1.31 bits per heavy atom. The van der Waals surface area contributed by atoms with Crippen molar-refractivity contribution in [2.45, 2.75) is 88.7 Å². The summed E-state index contributed by atoms with van der Waals surface area (Å²) in [6, 6.07) is 0. The molecule has 35 heavy (non-hydrogen) atoms. The molecule has 2 aliphatic rings. The van der Waals surface area contributed by atoms with E-state index < -0.39 is 39.6 Å². The first-order valence-corrected chi connectivity index (χ1v) is 13.1. The first kappa shape index (κ1) is 31.4. The molecule has 0 radical (unpaired) electrons. The van der Waals surface area contributed by atoms with E-state index in [1.807, 2.05) is 0 Å². The fourth-order valence-electron chi connectivity index (χ4n) is 3.83. The molecule has 13 heteroatoms. The van der Waals surface area contributed by atoms with Crippen LogP contribution < -0.4 is 29.6 Å². The molecule has 0 N–H and O–H groups in total. The van der Waals surface area contributed by atoms with Crippen LogP contribution in [-0.4, -0.2) is 64.3 Å². The van der Waals surface area contributed by atoms with Gasteiger partial charge in [0.1, 0.15) is 15.4 Å². The Hall–Kier alpha value is -1.60. The SMILES string of the molecule is O=C(CCCCCCCCCCCCCN1C(=O)C=CC1=O)ON1C(=O)CC(S(=O)(=O)[O-])C1=O.[Na+]. The predicted octanol–water partition coefficient (Wildman–Crippen LogP) is -1.27. The second kappa shape index (κ2) is 15.5. The second-order valence-corrected chi connectivity index (χ2v) is 10.0. The van der Waals surface area contributed by atoms with Gasteiger partial charge in [0, 0.05) is 25.1 Å². The summed E-state index contributed by atoms with van der Waals surface area (Å²) in [7, 11) is -4.98. The molecular weight excluding hydrogens is 491 g/mol. The topological polar surface area (TPSA) is 158 Å². The zero-order chi connectivity index (χ0) is 25.1. The van der Waals surface area contributed by atoms with Crippen LogP contribution in [0.15, 0.2) is 12.2 Å². The average Bonchev–Trinajstić information content (AvgIpc) is 3.24. The molecule has 11 nitrogen and oxygen atoms in total. The van der Waals surface area contributed by atoms with E-state index in [4.69, 9.17) is 0 Å². The summed E-state index contributed by atoms with van der Waals surface area (Å²) < 4.78 is 32.9. The van der Waals surface area contributed by atoms with Gasteiger partial charge in [-0.15, -0.1) is 5.06 Å². The van der Waals surface area contributed by atoms with Gasteiger partial charge in [-0.3, -0.25) is 24.1 Å². The molecular formula is C22H31N2NaO9S. The molecule has 1 saturated heterocycles. The largest absolute Gasteiger partial charge is 1.00 e. The van der Waals surface area contributed by atoms with E-state index in [0.717, 1.165) is 64.2 Å². The number of carbonyl (C=O) groups excluding carboxylic acids is 5. The molecule has 0 aromatic heterocycles. The number of carbonyl (C=O) groups is 5. The van der Waals surface area contributed by atoms with Gasteiger partial charge in [-0.25, -0.2) is 13.2 Å². The Balaban J connectivity index is 0.00000612. The van der Waals surface area contributed by atoms with Gasteiger partial charge in [-0.05, 0) is 12.8 Å². The number of rotatable bonds is 16.